The number of rotatable bonds is 3. The van der Waals surface area contributed by atoms with Crippen molar-refractivity contribution in [2.75, 3.05) is 19.7 Å². The third-order valence-corrected chi connectivity index (χ3v) is 5.43. The summed E-state index contributed by atoms with van der Waals surface area (Å²) in [5.74, 6) is 1.83. The zero-order valence-electron chi connectivity index (χ0n) is 13.5. The molecular formula is C18H19N3O3. The molecule has 24 heavy (non-hydrogen) atoms. The molecule has 3 heterocycles. The van der Waals surface area contributed by atoms with Gasteiger partial charge in [-0.2, -0.15) is 0 Å². The van der Waals surface area contributed by atoms with Gasteiger partial charge in [-0.25, -0.2) is 4.98 Å². The largest absolute Gasteiger partial charge is 0.477 e. The molecule has 124 valence electrons. The molecular weight excluding hydrogens is 306 g/mol. The van der Waals surface area contributed by atoms with Gasteiger partial charge in [-0.05, 0) is 49.4 Å². The van der Waals surface area contributed by atoms with Gasteiger partial charge in [0.2, 0.25) is 5.88 Å². The van der Waals surface area contributed by atoms with Crippen molar-refractivity contribution in [3.63, 3.8) is 0 Å². The number of nitrogens with zero attached hydrogens (tertiary/aromatic N) is 1. The number of ether oxygens (including phenoxy) is 2. The summed E-state index contributed by atoms with van der Waals surface area (Å²) in [5.41, 5.74) is 0.849. The molecule has 1 saturated carbocycles. The monoisotopic (exact) mass is 325 g/mol. The minimum atomic E-state index is -0.334. The van der Waals surface area contributed by atoms with Gasteiger partial charge in [0, 0.05) is 23.5 Å². The van der Waals surface area contributed by atoms with E-state index in [4.69, 9.17) is 9.47 Å². The number of carbonyl (C=O) groups is 1. The van der Waals surface area contributed by atoms with Crippen LogP contribution < -0.4 is 20.1 Å². The predicted octanol–water partition coefficient (Wildman–Crippen LogP) is 1.69. The van der Waals surface area contributed by atoms with Crippen molar-refractivity contribution in [3.8, 4) is 11.6 Å². The zero-order valence-corrected chi connectivity index (χ0v) is 13.5. The second-order valence-corrected chi connectivity index (χ2v) is 7.10. The van der Waals surface area contributed by atoms with E-state index in [2.05, 4.69) is 15.6 Å². The molecule has 6 nitrogen and oxygen atoms in total. The van der Waals surface area contributed by atoms with Gasteiger partial charge in [-0.1, -0.05) is 0 Å². The molecule has 1 saturated heterocycles. The number of aromatic nitrogens is 1. The van der Waals surface area contributed by atoms with Gasteiger partial charge in [0.1, 0.15) is 5.75 Å². The van der Waals surface area contributed by atoms with Crippen LogP contribution in [0, 0.1) is 11.3 Å². The van der Waals surface area contributed by atoms with Gasteiger partial charge in [0.15, 0.2) is 6.23 Å². The number of fused-ring (bicyclic) bond motifs is 3. The van der Waals surface area contributed by atoms with Crippen molar-refractivity contribution in [3.05, 3.63) is 30.0 Å². The Morgan fingerprint density at radius 1 is 1.46 bits per heavy atom. The SMILES string of the molecule is CC1NC(=O)c2cc3ccnc(OC[C@@]45CNC[C@@H]4C5)c3cc2O1. The predicted molar refractivity (Wildman–Crippen MR) is 88.2 cm³/mol. The van der Waals surface area contributed by atoms with E-state index in [0.717, 1.165) is 29.8 Å². The number of hydrogen-bond acceptors (Lipinski definition) is 5. The Kier molecular flexibility index (Phi) is 2.83. The van der Waals surface area contributed by atoms with Gasteiger partial charge in [0.25, 0.3) is 5.91 Å². The number of amides is 1. The topological polar surface area (TPSA) is 72.5 Å². The first-order chi connectivity index (χ1) is 11.6. The standard InChI is InChI=1S/C18H19N3O3/c1-10-21-16(22)14-4-11-2-3-20-17(13(11)5-15(14)24-10)23-9-18-6-12(18)7-19-8-18/h2-5,10,12,19H,6-9H2,1H3,(H,21,22)/t10?,12-,18+/m0/s1. The lowest BCUT2D eigenvalue weighted by Crippen LogP contribution is -2.41. The molecule has 1 unspecified atom stereocenters. The fraction of sp³-hybridized carbons (Fsp3) is 0.444. The molecule has 3 atom stereocenters. The van der Waals surface area contributed by atoms with Crippen molar-refractivity contribution in [1.82, 2.24) is 15.6 Å². The van der Waals surface area contributed by atoms with Crippen LogP contribution in [0.15, 0.2) is 24.4 Å². The number of nitrogens with one attached hydrogen (secondary N) is 2. The summed E-state index contributed by atoms with van der Waals surface area (Å²) in [7, 11) is 0. The molecule has 0 bridgehead atoms. The summed E-state index contributed by atoms with van der Waals surface area (Å²) in [6.07, 6.45) is 2.63. The van der Waals surface area contributed by atoms with Gasteiger partial charge in [0.05, 0.1) is 12.2 Å². The summed E-state index contributed by atoms with van der Waals surface area (Å²) in [5, 5.41) is 8.01. The fourth-order valence-electron chi connectivity index (χ4n) is 3.92. The number of hydrogen-bond donors (Lipinski definition) is 2. The molecule has 0 spiro atoms. The average molecular weight is 325 g/mol. The molecule has 1 aliphatic carbocycles. The maximum atomic E-state index is 12.1. The first-order valence-corrected chi connectivity index (χ1v) is 8.38. The molecule has 2 N–H and O–H groups in total. The maximum Gasteiger partial charge on any atom is 0.257 e. The first-order valence-electron chi connectivity index (χ1n) is 8.38. The molecule has 2 aromatic rings. The van der Waals surface area contributed by atoms with Crippen LogP contribution in [-0.4, -0.2) is 36.8 Å². The van der Waals surface area contributed by atoms with E-state index in [1.54, 1.807) is 6.20 Å². The van der Waals surface area contributed by atoms with Crippen LogP contribution in [0.2, 0.25) is 0 Å². The number of piperidine rings is 1. The quantitative estimate of drug-likeness (QED) is 0.898. The van der Waals surface area contributed by atoms with Crippen LogP contribution >= 0.6 is 0 Å². The van der Waals surface area contributed by atoms with E-state index in [1.165, 1.54) is 6.42 Å². The fourth-order valence-corrected chi connectivity index (χ4v) is 3.92. The van der Waals surface area contributed by atoms with Crippen molar-refractivity contribution in [1.29, 1.82) is 0 Å². The summed E-state index contributed by atoms with van der Waals surface area (Å²) in [4.78, 5) is 16.5. The van der Waals surface area contributed by atoms with E-state index in [9.17, 15) is 4.79 Å². The van der Waals surface area contributed by atoms with Gasteiger partial charge >= 0.3 is 0 Å². The maximum absolute atomic E-state index is 12.1. The molecule has 3 aliphatic rings. The Bertz CT molecular complexity index is 853. The Morgan fingerprint density at radius 3 is 3.17 bits per heavy atom. The highest BCUT2D eigenvalue weighted by molar-refractivity contribution is 6.03. The summed E-state index contributed by atoms with van der Waals surface area (Å²) in [6, 6.07) is 5.61. The van der Waals surface area contributed by atoms with Crippen molar-refractivity contribution in [2.45, 2.75) is 19.6 Å². The molecule has 2 aliphatic heterocycles. The van der Waals surface area contributed by atoms with Crippen molar-refractivity contribution in [2.24, 2.45) is 11.3 Å². The van der Waals surface area contributed by atoms with Crippen LogP contribution in [0.1, 0.15) is 23.7 Å². The highest BCUT2D eigenvalue weighted by atomic mass is 16.5. The van der Waals surface area contributed by atoms with Crippen LogP contribution in [0.3, 0.4) is 0 Å². The van der Waals surface area contributed by atoms with E-state index in [-0.39, 0.29) is 12.1 Å². The minimum absolute atomic E-state index is 0.110. The molecule has 6 heteroatoms. The van der Waals surface area contributed by atoms with E-state index >= 15 is 0 Å². The molecule has 1 aromatic heterocycles. The summed E-state index contributed by atoms with van der Waals surface area (Å²) in [6.45, 7) is 4.62. The molecule has 2 fully saturated rings. The number of carbonyl (C=O) groups excluding carboxylic acids is 1. The summed E-state index contributed by atoms with van der Waals surface area (Å²) >= 11 is 0. The lowest BCUT2D eigenvalue weighted by molar-refractivity contribution is 0.0789. The third-order valence-electron chi connectivity index (χ3n) is 5.43. The highest BCUT2D eigenvalue weighted by Crippen LogP contribution is 2.55. The molecule has 0 radical (unpaired) electrons. The molecule has 5 rings (SSSR count). The second kappa shape index (κ2) is 4.83. The van der Waals surface area contributed by atoms with Gasteiger partial charge in [-0.3, -0.25) is 4.79 Å². The average Bonchev–Trinajstić information content (AvgIpc) is 3.11. The van der Waals surface area contributed by atoms with Crippen molar-refractivity contribution < 1.29 is 14.3 Å². The zero-order chi connectivity index (χ0) is 16.3. The normalized spacial score (nSPS) is 30.3. The van der Waals surface area contributed by atoms with Crippen LogP contribution in [0.5, 0.6) is 11.6 Å². The summed E-state index contributed by atoms with van der Waals surface area (Å²) < 4.78 is 11.8. The van der Waals surface area contributed by atoms with Crippen molar-refractivity contribution >= 4 is 16.7 Å². The van der Waals surface area contributed by atoms with Gasteiger partial charge < -0.3 is 20.1 Å². The highest BCUT2D eigenvalue weighted by Gasteiger charge is 2.57. The third kappa shape index (κ3) is 2.06. The van der Waals surface area contributed by atoms with Gasteiger partial charge in [-0.15, -0.1) is 0 Å². The molecule has 1 aromatic carbocycles. The van der Waals surface area contributed by atoms with E-state index < -0.39 is 0 Å². The van der Waals surface area contributed by atoms with Crippen LogP contribution in [-0.2, 0) is 0 Å². The minimum Gasteiger partial charge on any atom is -0.477 e. The molecule has 1 amide bonds. The van der Waals surface area contributed by atoms with E-state index in [1.807, 2.05) is 25.1 Å². The Balaban J connectivity index is 1.50. The van der Waals surface area contributed by atoms with Crippen LogP contribution in [0.4, 0.5) is 0 Å². The first kappa shape index (κ1) is 14.0. The lowest BCUT2D eigenvalue weighted by atomic mass is 10.1. The van der Waals surface area contributed by atoms with Crippen LogP contribution in [0.25, 0.3) is 10.8 Å². The Labute approximate surface area is 139 Å². The number of pyridine rings is 1. The Morgan fingerprint density at radius 2 is 2.38 bits per heavy atom. The number of benzene rings is 1. The smallest absolute Gasteiger partial charge is 0.257 e. The van der Waals surface area contributed by atoms with E-state index in [0.29, 0.717) is 29.2 Å². The second-order valence-electron chi connectivity index (χ2n) is 7.10. The Hall–Kier alpha value is -2.34. The lowest BCUT2D eigenvalue weighted by Gasteiger charge is -2.24.